The van der Waals surface area contributed by atoms with E-state index >= 15 is 0 Å². The van der Waals surface area contributed by atoms with Crippen LogP contribution >= 0.6 is 0 Å². The van der Waals surface area contributed by atoms with Crippen molar-refractivity contribution in [1.29, 1.82) is 0 Å². The minimum absolute atomic E-state index is 0.00875. The van der Waals surface area contributed by atoms with Gasteiger partial charge >= 0.3 is 5.97 Å². The Morgan fingerprint density at radius 2 is 1.68 bits per heavy atom. The molecule has 0 spiro atoms. The summed E-state index contributed by atoms with van der Waals surface area (Å²) in [6, 6.07) is 7.03. The molecular weight excluding hydrogens is 881 g/mol. The van der Waals surface area contributed by atoms with E-state index < -0.39 is 77.8 Å². The van der Waals surface area contributed by atoms with Crippen LogP contribution in [0.4, 0.5) is 0 Å². The largest absolute Gasteiger partial charge is 0.488 e. The number of aromatic nitrogens is 1. The topological polar surface area (TPSA) is 172 Å². The summed E-state index contributed by atoms with van der Waals surface area (Å²) in [5, 5.41) is 25.2. The quantitative estimate of drug-likeness (QED) is 0.126. The molecule has 1 aliphatic carbocycles. The van der Waals surface area contributed by atoms with Gasteiger partial charge in [-0.2, -0.15) is 0 Å². The highest BCUT2D eigenvalue weighted by atomic mass is 16.7. The summed E-state index contributed by atoms with van der Waals surface area (Å²) in [6.45, 7) is 18.4. The third-order valence-electron chi connectivity index (χ3n) is 15.3. The number of hydrogen-bond donors (Lipinski definition) is 2. The Morgan fingerprint density at radius 1 is 0.942 bits per heavy atom. The van der Waals surface area contributed by atoms with Crippen molar-refractivity contribution in [3.63, 3.8) is 0 Å². The van der Waals surface area contributed by atoms with Crippen molar-refractivity contribution in [3.8, 4) is 5.75 Å². The lowest BCUT2D eigenvalue weighted by atomic mass is 9.81. The molecule has 1 aromatic carbocycles. The molecular formula is C55H80N2O12. The van der Waals surface area contributed by atoms with Gasteiger partial charge in [-0.1, -0.05) is 51.5 Å². The van der Waals surface area contributed by atoms with E-state index in [2.05, 4.69) is 42.3 Å². The van der Waals surface area contributed by atoms with Gasteiger partial charge < -0.3 is 48.1 Å². The molecule has 1 amide bonds. The van der Waals surface area contributed by atoms with Gasteiger partial charge in [-0.15, -0.1) is 6.58 Å². The van der Waals surface area contributed by atoms with E-state index in [1.165, 1.54) is 4.90 Å². The number of esters is 1. The lowest BCUT2D eigenvalue weighted by Gasteiger charge is -2.47. The number of allylic oxidation sites excluding steroid dienone is 4. The number of cyclic esters (lactones) is 1. The van der Waals surface area contributed by atoms with Crippen LogP contribution in [0, 0.1) is 29.6 Å². The summed E-state index contributed by atoms with van der Waals surface area (Å²) >= 11 is 0. The molecule has 14 unspecified atom stereocenters. The number of rotatable bonds is 11. The third kappa shape index (κ3) is 12.7. The molecule has 2 N–H and O–H groups in total. The second kappa shape index (κ2) is 24.3. The fourth-order valence-corrected chi connectivity index (χ4v) is 11.4. The Balaban J connectivity index is 1.30. The van der Waals surface area contributed by atoms with Crippen molar-refractivity contribution >= 4 is 34.3 Å². The lowest BCUT2D eigenvalue weighted by Crippen LogP contribution is -2.64. The number of Topliss-reactive ketones (excluding diaryl/α,β-unsaturated/α-hetero) is 2. The van der Waals surface area contributed by atoms with Crippen molar-refractivity contribution < 1.29 is 57.8 Å². The zero-order valence-corrected chi connectivity index (χ0v) is 42.6. The molecule has 14 atom stereocenters. The molecule has 3 aliphatic heterocycles. The van der Waals surface area contributed by atoms with Gasteiger partial charge in [-0.25, -0.2) is 4.79 Å². The van der Waals surface area contributed by atoms with Crippen molar-refractivity contribution in [2.75, 3.05) is 27.4 Å². The van der Waals surface area contributed by atoms with Crippen LogP contribution in [0.3, 0.4) is 0 Å². The average molecular weight is 961 g/mol. The molecule has 2 aromatic rings. The van der Waals surface area contributed by atoms with Crippen molar-refractivity contribution in [3.05, 3.63) is 66.4 Å². The smallest absolute Gasteiger partial charge is 0.329 e. The summed E-state index contributed by atoms with van der Waals surface area (Å²) < 4.78 is 39.6. The van der Waals surface area contributed by atoms with Crippen LogP contribution < -0.4 is 4.74 Å². The number of benzene rings is 1. The number of carbonyl (C=O) groups is 4. The summed E-state index contributed by atoms with van der Waals surface area (Å²) in [5.74, 6) is -6.75. The Hall–Kier alpha value is -4.18. The van der Waals surface area contributed by atoms with Crippen molar-refractivity contribution in [2.45, 2.75) is 180 Å². The number of ketones is 2. The number of aliphatic hydroxyl groups is 2. The molecule has 4 heterocycles. The number of methoxy groups -OCH3 is 2. The molecule has 4 aliphatic rings. The Kier molecular flexibility index (Phi) is 19.1. The predicted molar refractivity (Wildman–Crippen MR) is 263 cm³/mol. The average Bonchev–Trinajstić information content (AvgIpc) is 3.73. The van der Waals surface area contributed by atoms with Gasteiger partial charge in [0.05, 0.1) is 24.4 Å². The first-order chi connectivity index (χ1) is 33.0. The summed E-state index contributed by atoms with van der Waals surface area (Å²) in [4.78, 5) is 58.7. The number of hydrogen-bond acceptors (Lipinski definition) is 12. The molecule has 2 bridgehead atoms. The number of carbonyl (C=O) groups excluding carboxylic acids is 4. The van der Waals surface area contributed by atoms with Crippen LogP contribution in [0.2, 0.25) is 0 Å². The van der Waals surface area contributed by atoms with E-state index in [-0.39, 0.29) is 55.6 Å². The first kappa shape index (κ1) is 54.2. The zero-order chi connectivity index (χ0) is 50.2. The summed E-state index contributed by atoms with van der Waals surface area (Å²) in [7, 11) is 3.08. The molecule has 2 saturated heterocycles. The van der Waals surface area contributed by atoms with Gasteiger partial charge in [0.25, 0.3) is 11.7 Å². The van der Waals surface area contributed by atoms with Gasteiger partial charge in [0.15, 0.2) is 0 Å². The fourth-order valence-electron chi connectivity index (χ4n) is 11.4. The summed E-state index contributed by atoms with van der Waals surface area (Å²) in [6.07, 6.45) is 8.51. The summed E-state index contributed by atoms with van der Waals surface area (Å²) in [5.41, 5.74) is 2.79. The molecule has 3 fully saturated rings. The number of amides is 1. The third-order valence-corrected chi connectivity index (χ3v) is 15.3. The molecule has 6 rings (SSSR count). The first-order valence-corrected chi connectivity index (χ1v) is 25.5. The fraction of sp³-hybridized carbons (Fsp3) is 0.673. The molecule has 0 radical (unpaired) electrons. The van der Waals surface area contributed by atoms with Crippen LogP contribution in [0.25, 0.3) is 10.9 Å². The minimum Gasteiger partial charge on any atom is -0.488 e. The standard InChI is InChI=1S/C55H80N2O12/c1-11-22-56-24-21-40-31-41(18-19-42(40)56)67-46-20-17-38(30-47(46)66-13-3)28-35(6)50-37(8)44(58)32-45(59)39(12-2)26-33(4)25-34(5)27-48(64-9)51-49(65-10)29-36(7)55(63,69-51)52(60)53(61)57-23-15-14-16-43(57)54(62)68-50/h11,18-19,21,24,26,28,31,34,36-39,43-44,46-51,58,63H,1,12-17,20,22-23,25,27,29-30,32H2,2-10H3/b33-26+,35-28?. The van der Waals surface area contributed by atoms with Gasteiger partial charge in [0, 0.05) is 75.2 Å². The first-order valence-electron chi connectivity index (χ1n) is 25.5. The number of fused-ring (bicyclic) bond motifs is 4. The van der Waals surface area contributed by atoms with Crippen LogP contribution in [-0.4, -0.2) is 125 Å². The monoisotopic (exact) mass is 961 g/mol. The van der Waals surface area contributed by atoms with Gasteiger partial charge in [0.1, 0.15) is 35.9 Å². The Bertz CT molecular complexity index is 2160. The lowest BCUT2D eigenvalue weighted by molar-refractivity contribution is -0.302. The van der Waals surface area contributed by atoms with E-state index in [0.29, 0.717) is 63.7 Å². The highest BCUT2D eigenvalue weighted by Crippen LogP contribution is 2.40. The van der Waals surface area contributed by atoms with Crippen molar-refractivity contribution in [2.24, 2.45) is 29.6 Å². The molecule has 382 valence electrons. The number of piperidine rings is 1. The second-order valence-electron chi connectivity index (χ2n) is 20.4. The predicted octanol–water partition coefficient (Wildman–Crippen LogP) is 8.09. The molecule has 69 heavy (non-hydrogen) atoms. The number of ether oxygens (including phenoxy) is 6. The van der Waals surface area contributed by atoms with Gasteiger partial charge in [0.2, 0.25) is 5.79 Å². The minimum atomic E-state index is -2.51. The van der Waals surface area contributed by atoms with Gasteiger partial charge in [-0.3, -0.25) is 14.4 Å². The molecule has 1 saturated carbocycles. The highest BCUT2D eigenvalue weighted by molar-refractivity contribution is 6.39. The van der Waals surface area contributed by atoms with Crippen LogP contribution in [0.1, 0.15) is 119 Å². The van der Waals surface area contributed by atoms with Crippen molar-refractivity contribution in [1.82, 2.24) is 9.47 Å². The van der Waals surface area contributed by atoms with E-state index in [9.17, 15) is 29.4 Å². The van der Waals surface area contributed by atoms with Crippen LogP contribution in [0.5, 0.6) is 5.75 Å². The van der Waals surface area contributed by atoms with Crippen LogP contribution in [-0.2, 0) is 49.4 Å². The maximum Gasteiger partial charge on any atom is 0.329 e. The SMILES string of the molecule is C=CCn1ccc2cc(OC3CCC(C=C(C)C4OC(=O)C5CCCCN5C(=O)C(=O)C5(O)OC(C(OC)CC(C)C/C(C)=C/C(CC)C(=O)CC(O)C4C)C(OC)CC5C)CC3OCC)ccc21. The van der Waals surface area contributed by atoms with E-state index in [0.717, 1.165) is 28.6 Å². The Labute approximate surface area is 409 Å². The van der Waals surface area contributed by atoms with E-state index in [1.54, 1.807) is 28.1 Å². The molecule has 1 aromatic heterocycles. The second-order valence-corrected chi connectivity index (χ2v) is 20.4. The maximum atomic E-state index is 14.6. The Morgan fingerprint density at radius 3 is 2.38 bits per heavy atom. The molecule has 14 heteroatoms. The maximum absolute atomic E-state index is 14.6. The number of aliphatic hydroxyl groups excluding tert-OH is 1. The van der Waals surface area contributed by atoms with E-state index in [4.69, 9.17) is 28.4 Å². The van der Waals surface area contributed by atoms with Crippen LogP contribution in [0.15, 0.2) is 66.4 Å². The highest BCUT2D eigenvalue weighted by Gasteiger charge is 2.56. The number of nitrogens with zero attached hydrogens (tertiary/aromatic N) is 2. The van der Waals surface area contributed by atoms with E-state index in [1.807, 2.05) is 52.1 Å². The molecule has 14 nitrogen and oxygen atoms in total. The van der Waals surface area contributed by atoms with Gasteiger partial charge in [-0.05, 0) is 127 Å². The zero-order valence-electron chi connectivity index (χ0n) is 42.6. The normalized spacial score (nSPS) is 35.9.